The lowest BCUT2D eigenvalue weighted by atomic mass is 10.1. The number of amides is 3. The maximum atomic E-state index is 13.1. The molecule has 0 radical (unpaired) electrons. The lowest BCUT2D eigenvalue weighted by molar-refractivity contribution is -0.384. The lowest BCUT2D eigenvalue weighted by Crippen LogP contribution is -2.45. The number of hydrogen-bond acceptors (Lipinski definition) is 6. The van der Waals surface area contributed by atoms with Crippen molar-refractivity contribution in [1.82, 2.24) is 4.90 Å². The minimum Gasteiger partial charge on any atom is -0.494 e. The average Bonchev–Trinajstić information content (AvgIpc) is 3.06. The van der Waals surface area contributed by atoms with Crippen molar-refractivity contribution in [3.05, 3.63) is 76.9 Å². The van der Waals surface area contributed by atoms with Crippen LogP contribution in [0.5, 0.6) is 5.75 Å². The van der Waals surface area contributed by atoms with Crippen LogP contribution in [0.2, 0.25) is 0 Å². The molecule has 0 N–H and O–H groups in total. The topological polar surface area (TPSA) is 110 Å². The van der Waals surface area contributed by atoms with Gasteiger partial charge in [-0.25, -0.2) is 4.90 Å². The molecule has 0 aliphatic carbocycles. The summed E-state index contributed by atoms with van der Waals surface area (Å²) >= 11 is 0. The third-order valence-corrected chi connectivity index (χ3v) is 4.80. The predicted octanol–water partition coefficient (Wildman–Crippen LogP) is 2.95. The highest BCUT2D eigenvalue weighted by molar-refractivity contribution is 6.23. The summed E-state index contributed by atoms with van der Waals surface area (Å²) < 4.78 is 5.38. The number of carbonyl (C=O) groups is 3. The van der Waals surface area contributed by atoms with E-state index in [1.54, 1.807) is 24.3 Å². The fraction of sp³-hybridized carbons (Fsp3) is 0.227. The molecule has 1 unspecified atom stereocenters. The van der Waals surface area contributed by atoms with Gasteiger partial charge in [0.2, 0.25) is 5.91 Å². The Balaban J connectivity index is 1.88. The number of anilines is 1. The van der Waals surface area contributed by atoms with Crippen LogP contribution in [-0.4, -0.2) is 46.7 Å². The van der Waals surface area contributed by atoms with E-state index >= 15 is 0 Å². The van der Waals surface area contributed by atoms with Gasteiger partial charge in [-0.05, 0) is 37.3 Å². The summed E-state index contributed by atoms with van der Waals surface area (Å²) in [7, 11) is 0. The Bertz CT molecular complexity index is 1030. The summed E-state index contributed by atoms with van der Waals surface area (Å²) in [6.45, 7) is 5.95. The van der Waals surface area contributed by atoms with Crippen molar-refractivity contribution >= 4 is 29.1 Å². The Morgan fingerprint density at radius 3 is 2.61 bits per heavy atom. The Kier molecular flexibility index (Phi) is 6.44. The van der Waals surface area contributed by atoms with E-state index < -0.39 is 28.7 Å². The molecule has 1 fully saturated rings. The number of nitro groups is 1. The maximum Gasteiger partial charge on any atom is 0.270 e. The van der Waals surface area contributed by atoms with Gasteiger partial charge in [-0.2, -0.15) is 0 Å². The van der Waals surface area contributed by atoms with E-state index in [0.29, 0.717) is 18.0 Å². The SMILES string of the molecule is C=CCN(C(=O)c1cccc([N+](=O)[O-])c1)C1CC(=O)N(c2ccc(OCC)cc2)C1=O. The van der Waals surface area contributed by atoms with Crippen LogP contribution in [0.3, 0.4) is 0 Å². The van der Waals surface area contributed by atoms with E-state index in [1.165, 1.54) is 29.2 Å². The molecule has 1 atom stereocenters. The van der Waals surface area contributed by atoms with Crippen molar-refractivity contribution < 1.29 is 24.0 Å². The largest absolute Gasteiger partial charge is 0.494 e. The van der Waals surface area contributed by atoms with E-state index in [-0.39, 0.29) is 24.2 Å². The van der Waals surface area contributed by atoms with Crippen molar-refractivity contribution in [3.8, 4) is 5.75 Å². The highest BCUT2D eigenvalue weighted by atomic mass is 16.6. The molecule has 1 aliphatic rings. The molecule has 1 heterocycles. The number of nitrogens with zero attached hydrogens (tertiary/aromatic N) is 3. The molecule has 31 heavy (non-hydrogen) atoms. The average molecular weight is 423 g/mol. The van der Waals surface area contributed by atoms with Gasteiger partial charge in [-0.1, -0.05) is 12.1 Å². The Morgan fingerprint density at radius 1 is 1.29 bits per heavy atom. The Labute approximate surface area is 178 Å². The van der Waals surface area contributed by atoms with Crippen LogP contribution in [0.4, 0.5) is 11.4 Å². The fourth-order valence-corrected chi connectivity index (χ4v) is 3.40. The summed E-state index contributed by atoms with van der Waals surface area (Å²) in [4.78, 5) is 51.5. The summed E-state index contributed by atoms with van der Waals surface area (Å²) in [6.07, 6.45) is 1.24. The van der Waals surface area contributed by atoms with Crippen molar-refractivity contribution in [2.75, 3.05) is 18.1 Å². The number of ether oxygens (including phenoxy) is 1. The monoisotopic (exact) mass is 423 g/mol. The maximum absolute atomic E-state index is 13.1. The normalized spacial score (nSPS) is 15.6. The van der Waals surface area contributed by atoms with Crippen molar-refractivity contribution in [2.45, 2.75) is 19.4 Å². The van der Waals surface area contributed by atoms with E-state index in [1.807, 2.05) is 6.92 Å². The van der Waals surface area contributed by atoms with Crippen molar-refractivity contribution in [3.63, 3.8) is 0 Å². The van der Waals surface area contributed by atoms with Gasteiger partial charge < -0.3 is 9.64 Å². The van der Waals surface area contributed by atoms with Gasteiger partial charge in [-0.15, -0.1) is 6.58 Å². The van der Waals surface area contributed by atoms with Crippen LogP contribution in [-0.2, 0) is 9.59 Å². The quantitative estimate of drug-likeness (QED) is 0.279. The van der Waals surface area contributed by atoms with E-state index in [2.05, 4.69) is 6.58 Å². The highest BCUT2D eigenvalue weighted by Gasteiger charge is 2.44. The molecule has 1 saturated heterocycles. The predicted molar refractivity (Wildman–Crippen MR) is 113 cm³/mol. The smallest absolute Gasteiger partial charge is 0.270 e. The highest BCUT2D eigenvalue weighted by Crippen LogP contribution is 2.28. The zero-order valence-corrected chi connectivity index (χ0v) is 16.9. The Hall–Kier alpha value is -4.01. The van der Waals surface area contributed by atoms with E-state index in [9.17, 15) is 24.5 Å². The van der Waals surface area contributed by atoms with Gasteiger partial charge in [0.15, 0.2) is 0 Å². The standard InChI is InChI=1S/C22H21N3O6/c1-3-12-23(21(27)15-6-5-7-17(13-15)25(29)30)19-14-20(26)24(22(19)28)16-8-10-18(11-9-16)31-4-2/h3,5-11,13,19H,1,4,12,14H2,2H3. The molecule has 0 bridgehead atoms. The van der Waals surface area contributed by atoms with Crippen LogP contribution < -0.4 is 9.64 Å². The number of nitro benzene ring substituents is 1. The first kappa shape index (κ1) is 21.7. The summed E-state index contributed by atoms with van der Waals surface area (Å²) in [5.41, 5.74) is 0.187. The second-order valence-corrected chi connectivity index (χ2v) is 6.77. The molecule has 9 heteroatoms. The molecule has 0 spiro atoms. The number of non-ortho nitro benzene ring substituents is 1. The van der Waals surface area contributed by atoms with E-state index in [4.69, 9.17) is 4.74 Å². The number of benzene rings is 2. The minimum atomic E-state index is -1.04. The van der Waals surface area contributed by atoms with Crippen LogP contribution >= 0.6 is 0 Å². The minimum absolute atomic E-state index is 0.00231. The molecule has 3 rings (SSSR count). The first-order chi connectivity index (χ1) is 14.9. The van der Waals surface area contributed by atoms with Gasteiger partial charge in [-0.3, -0.25) is 24.5 Å². The second kappa shape index (κ2) is 9.21. The molecule has 3 amide bonds. The summed E-state index contributed by atoms with van der Waals surface area (Å²) in [6, 6.07) is 10.7. The molecule has 0 saturated carbocycles. The first-order valence-electron chi connectivity index (χ1n) is 9.63. The number of hydrogen-bond donors (Lipinski definition) is 0. The first-order valence-corrected chi connectivity index (χ1v) is 9.63. The van der Waals surface area contributed by atoms with Gasteiger partial charge in [0, 0.05) is 24.2 Å². The van der Waals surface area contributed by atoms with Crippen LogP contribution in [0.1, 0.15) is 23.7 Å². The van der Waals surface area contributed by atoms with Crippen LogP contribution in [0, 0.1) is 10.1 Å². The molecular formula is C22H21N3O6. The number of carbonyl (C=O) groups excluding carboxylic acids is 3. The van der Waals surface area contributed by atoms with Gasteiger partial charge >= 0.3 is 0 Å². The van der Waals surface area contributed by atoms with Crippen LogP contribution in [0.25, 0.3) is 0 Å². The zero-order chi connectivity index (χ0) is 22.5. The summed E-state index contributed by atoms with van der Waals surface area (Å²) in [5, 5.41) is 11.0. The van der Waals surface area contributed by atoms with Gasteiger partial charge in [0.05, 0.1) is 23.6 Å². The second-order valence-electron chi connectivity index (χ2n) is 6.77. The molecule has 2 aromatic rings. The van der Waals surface area contributed by atoms with Crippen LogP contribution in [0.15, 0.2) is 61.2 Å². The lowest BCUT2D eigenvalue weighted by Gasteiger charge is -2.26. The Morgan fingerprint density at radius 2 is 2.00 bits per heavy atom. The van der Waals surface area contributed by atoms with Gasteiger partial charge in [0.25, 0.3) is 17.5 Å². The van der Waals surface area contributed by atoms with Crippen molar-refractivity contribution in [2.24, 2.45) is 0 Å². The third kappa shape index (κ3) is 4.45. The van der Waals surface area contributed by atoms with E-state index in [0.717, 1.165) is 11.0 Å². The van der Waals surface area contributed by atoms with Crippen molar-refractivity contribution in [1.29, 1.82) is 0 Å². The molecular weight excluding hydrogens is 402 g/mol. The zero-order valence-electron chi connectivity index (χ0n) is 16.9. The summed E-state index contributed by atoms with van der Waals surface area (Å²) in [5.74, 6) is -0.978. The fourth-order valence-electron chi connectivity index (χ4n) is 3.40. The molecule has 160 valence electrons. The number of imide groups is 1. The molecule has 0 aromatic heterocycles. The van der Waals surface area contributed by atoms with Gasteiger partial charge in [0.1, 0.15) is 11.8 Å². The third-order valence-electron chi connectivity index (χ3n) is 4.80. The number of rotatable bonds is 8. The molecule has 2 aromatic carbocycles. The molecule has 9 nitrogen and oxygen atoms in total. The molecule has 1 aliphatic heterocycles.